The van der Waals surface area contributed by atoms with E-state index in [1.165, 1.54) is 6.07 Å². The molecule has 0 unspecified atom stereocenters. The number of nitrogens with zero attached hydrogens (tertiary/aromatic N) is 2. The molecule has 22 heavy (non-hydrogen) atoms. The van der Waals surface area contributed by atoms with E-state index in [1.807, 2.05) is 22.0 Å². The highest BCUT2D eigenvalue weighted by Gasteiger charge is 2.30. The van der Waals surface area contributed by atoms with Crippen molar-refractivity contribution in [3.05, 3.63) is 40.8 Å². The SMILES string of the molecule is O=C(COc1ccccc1O)N1CCSC[C@H]1c1nccs1. The molecule has 1 amide bonds. The van der Waals surface area contributed by atoms with Gasteiger partial charge in [0.15, 0.2) is 18.1 Å². The number of carbonyl (C=O) groups is 1. The fourth-order valence-corrected chi connectivity index (χ4v) is 4.22. The molecule has 0 saturated carbocycles. The molecule has 1 aromatic heterocycles. The maximum atomic E-state index is 12.5. The number of benzene rings is 1. The highest BCUT2D eigenvalue weighted by molar-refractivity contribution is 7.99. The van der Waals surface area contributed by atoms with Gasteiger partial charge in [0.05, 0.1) is 6.04 Å². The zero-order valence-electron chi connectivity index (χ0n) is 11.8. The number of aromatic hydroxyl groups is 1. The van der Waals surface area contributed by atoms with E-state index in [0.717, 1.165) is 16.5 Å². The number of thiazole rings is 1. The first-order valence-corrected chi connectivity index (χ1v) is 8.96. The van der Waals surface area contributed by atoms with Gasteiger partial charge in [0.2, 0.25) is 0 Å². The summed E-state index contributed by atoms with van der Waals surface area (Å²) in [6.07, 6.45) is 1.76. The lowest BCUT2D eigenvalue weighted by Crippen LogP contribution is -2.43. The van der Waals surface area contributed by atoms with E-state index in [4.69, 9.17) is 4.74 Å². The van der Waals surface area contributed by atoms with Gasteiger partial charge in [0.25, 0.3) is 5.91 Å². The van der Waals surface area contributed by atoms with E-state index in [1.54, 1.807) is 35.7 Å². The Balaban J connectivity index is 1.66. The number of thioether (sulfide) groups is 1. The van der Waals surface area contributed by atoms with E-state index in [0.29, 0.717) is 12.3 Å². The normalized spacial score (nSPS) is 18.2. The molecule has 116 valence electrons. The van der Waals surface area contributed by atoms with E-state index in [2.05, 4.69) is 4.98 Å². The Morgan fingerprint density at radius 2 is 2.32 bits per heavy atom. The molecule has 7 heteroatoms. The van der Waals surface area contributed by atoms with Crippen molar-refractivity contribution in [3.63, 3.8) is 0 Å². The number of phenols is 1. The average molecular weight is 336 g/mol. The Kier molecular flexibility index (Phi) is 4.84. The van der Waals surface area contributed by atoms with Crippen LogP contribution in [0.25, 0.3) is 0 Å². The summed E-state index contributed by atoms with van der Waals surface area (Å²) in [6.45, 7) is 0.613. The molecular weight excluding hydrogens is 320 g/mol. The third-order valence-electron chi connectivity index (χ3n) is 3.40. The average Bonchev–Trinajstić information content (AvgIpc) is 3.08. The number of amides is 1. The van der Waals surface area contributed by atoms with Crippen LogP contribution in [0.2, 0.25) is 0 Å². The van der Waals surface area contributed by atoms with Gasteiger partial charge in [-0.2, -0.15) is 11.8 Å². The van der Waals surface area contributed by atoms with Crippen LogP contribution in [0.3, 0.4) is 0 Å². The van der Waals surface area contributed by atoms with Crippen molar-refractivity contribution >= 4 is 29.0 Å². The number of hydrogen-bond acceptors (Lipinski definition) is 6. The first kappa shape index (κ1) is 15.2. The predicted octanol–water partition coefficient (Wildman–Crippen LogP) is 2.54. The zero-order valence-corrected chi connectivity index (χ0v) is 13.5. The predicted molar refractivity (Wildman–Crippen MR) is 87.5 cm³/mol. The minimum absolute atomic E-state index is 0.0132. The molecule has 1 aromatic carbocycles. The molecule has 1 fully saturated rings. The molecule has 2 heterocycles. The van der Waals surface area contributed by atoms with Crippen LogP contribution in [-0.2, 0) is 4.79 Å². The fraction of sp³-hybridized carbons (Fsp3) is 0.333. The van der Waals surface area contributed by atoms with Crippen molar-refractivity contribution in [2.24, 2.45) is 0 Å². The van der Waals surface area contributed by atoms with Crippen LogP contribution in [0, 0.1) is 0 Å². The lowest BCUT2D eigenvalue weighted by atomic mass is 10.2. The Hall–Kier alpha value is -1.73. The topological polar surface area (TPSA) is 62.7 Å². The second-order valence-electron chi connectivity index (χ2n) is 4.80. The summed E-state index contributed by atoms with van der Waals surface area (Å²) in [5.74, 6) is 2.07. The molecule has 0 radical (unpaired) electrons. The van der Waals surface area contributed by atoms with Crippen LogP contribution >= 0.6 is 23.1 Å². The highest BCUT2D eigenvalue weighted by atomic mass is 32.2. The van der Waals surface area contributed by atoms with Gasteiger partial charge in [0, 0.05) is 29.6 Å². The third kappa shape index (κ3) is 3.36. The molecule has 0 spiro atoms. The van der Waals surface area contributed by atoms with Gasteiger partial charge in [0.1, 0.15) is 5.01 Å². The smallest absolute Gasteiger partial charge is 0.261 e. The summed E-state index contributed by atoms with van der Waals surface area (Å²) in [5.41, 5.74) is 0. The molecule has 0 bridgehead atoms. The number of para-hydroxylation sites is 2. The number of aromatic nitrogens is 1. The number of carbonyl (C=O) groups excluding carboxylic acids is 1. The quantitative estimate of drug-likeness (QED) is 0.930. The van der Waals surface area contributed by atoms with Gasteiger partial charge in [-0.3, -0.25) is 4.79 Å². The van der Waals surface area contributed by atoms with E-state index in [9.17, 15) is 9.90 Å². The fourth-order valence-electron chi connectivity index (χ4n) is 2.31. The number of rotatable bonds is 4. The maximum Gasteiger partial charge on any atom is 0.261 e. The molecule has 1 atom stereocenters. The Morgan fingerprint density at radius 3 is 3.09 bits per heavy atom. The summed E-state index contributed by atoms with van der Waals surface area (Å²) in [7, 11) is 0. The van der Waals surface area contributed by atoms with Gasteiger partial charge in [-0.25, -0.2) is 4.98 Å². The lowest BCUT2D eigenvalue weighted by Gasteiger charge is -2.34. The van der Waals surface area contributed by atoms with Crippen molar-refractivity contribution in [1.29, 1.82) is 0 Å². The summed E-state index contributed by atoms with van der Waals surface area (Å²) < 4.78 is 5.45. The van der Waals surface area contributed by atoms with Gasteiger partial charge in [-0.1, -0.05) is 12.1 Å². The number of ether oxygens (including phenoxy) is 1. The van der Waals surface area contributed by atoms with E-state index < -0.39 is 0 Å². The molecule has 1 saturated heterocycles. The lowest BCUT2D eigenvalue weighted by molar-refractivity contribution is -0.135. The Labute approximate surface area is 136 Å². The van der Waals surface area contributed by atoms with Crippen LogP contribution < -0.4 is 4.74 Å². The van der Waals surface area contributed by atoms with Gasteiger partial charge >= 0.3 is 0 Å². The molecule has 2 aromatic rings. The van der Waals surface area contributed by atoms with Crippen molar-refractivity contribution in [2.75, 3.05) is 24.7 Å². The van der Waals surface area contributed by atoms with Gasteiger partial charge in [-0.15, -0.1) is 11.3 Å². The van der Waals surface area contributed by atoms with Gasteiger partial charge in [-0.05, 0) is 12.1 Å². The number of hydrogen-bond donors (Lipinski definition) is 1. The molecule has 1 aliphatic rings. The van der Waals surface area contributed by atoms with E-state index >= 15 is 0 Å². The minimum Gasteiger partial charge on any atom is -0.504 e. The first-order valence-electron chi connectivity index (χ1n) is 6.93. The summed E-state index contributed by atoms with van der Waals surface area (Å²) in [6, 6.07) is 6.67. The van der Waals surface area contributed by atoms with Crippen molar-refractivity contribution in [2.45, 2.75) is 6.04 Å². The molecular formula is C15H16N2O3S2. The monoisotopic (exact) mass is 336 g/mol. The summed E-state index contributed by atoms with van der Waals surface area (Å²) in [5, 5.41) is 12.6. The molecule has 1 aliphatic heterocycles. The molecule has 5 nitrogen and oxygen atoms in total. The van der Waals surface area contributed by atoms with Gasteiger partial charge < -0.3 is 14.7 Å². The zero-order chi connectivity index (χ0) is 15.4. The van der Waals surface area contributed by atoms with Crippen molar-refractivity contribution < 1.29 is 14.6 Å². The molecule has 3 rings (SSSR count). The Morgan fingerprint density at radius 1 is 1.45 bits per heavy atom. The standard InChI is InChI=1S/C15H16N2O3S2/c18-12-3-1-2-4-13(12)20-9-14(19)17-6-8-21-10-11(17)15-16-5-7-22-15/h1-5,7,11,18H,6,8-10H2/t11-/m0/s1. The second-order valence-corrected chi connectivity index (χ2v) is 6.88. The third-order valence-corrected chi connectivity index (χ3v) is 5.30. The first-order chi connectivity index (χ1) is 10.8. The van der Waals surface area contributed by atoms with E-state index in [-0.39, 0.29) is 24.3 Å². The maximum absolute atomic E-state index is 12.5. The summed E-state index contributed by atoms with van der Waals surface area (Å²) in [4.78, 5) is 18.6. The second kappa shape index (κ2) is 7.02. The van der Waals surface area contributed by atoms with Crippen molar-refractivity contribution in [1.82, 2.24) is 9.88 Å². The van der Waals surface area contributed by atoms with Crippen LogP contribution in [0.15, 0.2) is 35.8 Å². The highest BCUT2D eigenvalue weighted by Crippen LogP contribution is 2.31. The largest absolute Gasteiger partial charge is 0.504 e. The van der Waals surface area contributed by atoms with Crippen LogP contribution in [0.5, 0.6) is 11.5 Å². The van der Waals surface area contributed by atoms with Crippen molar-refractivity contribution in [3.8, 4) is 11.5 Å². The minimum atomic E-state index is -0.0799. The molecule has 1 N–H and O–H groups in total. The van der Waals surface area contributed by atoms with Crippen LogP contribution in [-0.4, -0.2) is 45.6 Å². The number of phenolic OH excluding ortho intramolecular Hbond substituents is 1. The Bertz CT molecular complexity index is 633. The van der Waals surface area contributed by atoms with Crippen LogP contribution in [0.1, 0.15) is 11.0 Å². The van der Waals surface area contributed by atoms with Crippen LogP contribution in [0.4, 0.5) is 0 Å². The summed E-state index contributed by atoms with van der Waals surface area (Å²) >= 11 is 3.40. The molecule has 0 aliphatic carbocycles.